The van der Waals surface area contributed by atoms with Crippen LogP contribution in [0.3, 0.4) is 0 Å². The van der Waals surface area contributed by atoms with Crippen LogP contribution in [-0.4, -0.2) is 35.1 Å². The Hall–Kier alpha value is -2.76. The molecule has 3 rings (SSSR count). The number of nitrogens with one attached hydrogen (secondary N) is 1. The van der Waals surface area contributed by atoms with E-state index in [1.807, 2.05) is 92.7 Å². The molecule has 0 radical (unpaired) electrons. The zero-order valence-corrected chi connectivity index (χ0v) is 21.9. The number of hydrogen-bond donors (Lipinski definition) is 1. The highest BCUT2D eigenvalue weighted by Crippen LogP contribution is 2.20. The van der Waals surface area contributed by atoms with Gasteiger partial charge >= 0.3 is 0 Å². The number of carbonyl (C=O) groups excluding carboxylic acids is 2. The molecule has 0 saturated heterocycles. The van der Waals surface area contributed by atoms with Crippen LogP contribution >= 0.6 is 23.4 Å². The highest BCUT2D eigenvalue weighted by Gasteiger charge is 2.30. The molecule has 3 aromatic rings. The summed E-state index contributed by atoms with van der Waals surface area (Å²) < 4.78 is 0. The van der Waals surface area contributed by atoms with Gasteiger partial charge in [0.25, 0.3) is 0 Å². The maximum atomic E-state index is 13.6. The Bertz CT molecular complexity index is 1090. The summed E-state index contributed by atoms with van der Waals surface area (Å²) in [6.45, 7) is 5.03. The standard InChI is InChI=1S/C29H33ClN2O2S/c1-3-16-31-29(34)27(18-23-8-5-4-6-9-23)32(19-24-14-12-22(2)13-15-24)28(33)21-35-20-25-10-7-11-26(30)17-25/h4-15,17,27H,3,16,18-21H2,1-2H3,(H,31,34). The Labute approximate surface area is 218 Å². The van der Waals surface area contributed by atoms with Gasteiger partial charge in [-0.1, -0.05) is 90.8 Å². The zero-order chi connectivity index (χ0) is 25.0. The SMILES string of the molecule is CCCNC(=O)C(Cc1ccccc1)N(Cc1ccc(C)cc1)C(=O)CSCc1cccc(Cl)c1. The van der Waals surface area contributed by atoms with Crippen molar-refractivity contribution in [2.24, 2.45) is 0 Å². The van der Waals surface area contributed by atoms with Gasteiger partial charge in [-0.25, -0.2) is 0 Å². The molecule has 0 fully saturated rings. The maximum absolute atomic E-state index is 13.6. The Morgan fingerprint density at radius 2 is 1.66 bits per heavy atom. The molecule has 0 aliphatic rings. The summed E-state index contributed by atoms with van der Waals surface area (Å²) in [4.78, 5) is 28.6. The van der Waals surface area contributed by atoms with Crippen LogP contribution in [0.4, 0.5) is 0 Å². The molecule has 0 saturated carbocycles. The zero-order valence-electron chi connectivity index (χ0n) is 20.4. The fourth-order valence-electron chi connectivity index (χ4n) is 3.78. The summed E-state index contributed by atoms with van der Waals surface area (Å²) in [5.41, 5.74) is 4.26. The average Bonchev–Trinajstić information content (AvgIpc) is 2.86. The second-order valence-electron chi connectivity index (χ2n) is 8.63. The maximum Gasteiger partial charge on any atom is 0.243 e. The normalized spacial score (nSPS) is 11.6. The summed E-state index contributed by atoms with van der Waals surface area (Å²) in [6, 6.07) is 25.1. The molecule has 3 aromatic carbocycles. The number of nitrogens with zero attached hydrogens (tertiary/aromatic N) is 1. The van der Waals surface area contributed by atoms with Crippen LogP contribution in [0, 0.1) is 6.92 Å². The van der Waals surface area contributed by atoms with Gasteiger partial charge in [0.05, 0.1) is 5.75 Å². The molecule has 35 heavy (non-hydrogen) atoms. The molecule has 1 atom stereocenters. The van der Waals surface area contributed by atoms with Crippen molar-refractivity contribution in [1.29, 1.82) is 0 Å². The molecular formula is C29H33ClN2O2S. The Balaban J connectivity index is 1.82. The van der Waals surface area contributed by atoms with E-state index in [2.05, 4.69) is 5.32 Å². The Morgan fingerprint density at radius 1 is 0.943 bits per heavy atom. The minimum Gasteiger partial charge on any atom is -0.354 e. The molecule has 2 amide bonds. The predicted octanol–water partition coefficient (Wildman–Crippen LogP) is 6.05. The molecule has 1 N–H and O–H groups in total. The lowest BCUT2D eigenvalue weighted by Crippen LogP contribution is -2.51. The van der Waals surface area contributed by atoms with E-state index < -0.39 is 6.04 Å². The van der Waals surface area contributed by atoms with Crippen molar-refractivity contribution in [3.05, 3.63) is 106 Å². The van der Waals surface area contributed by atoms with E-state index in [1.54, 1.807) is 4.90 Å². The van der Waals surface area contributed by atoms with E-state index in [1.165, 1.54) is 11.8 Å². The van der Waals surface area contributed by atoms with Crippen molar-refractivity contribution in [3.8, 4) is 0 Å². The molecule has 0 spiro atoms. The number of aryl methyl sites for hydroxylation is 1. The second-order valence-corrected chi connectivity index (χ2v) is 10.0. The van der Waals surface area contributed by atoms with E-state index in [-0.39, 0.29) is 17.6 Å². The molecule has 0 aliphatic carbocycles. The number of halogens is 1. The van der Waals surface area contributed by atoms with Gasteiger partial charge in [-0.05, 0) is 42.2 Å². The molecule has 184 valence electrons. The number of rotatable bonds is 12. The van der Waals surface area contributed by atoms with Crippen molar-refractivity contribution < 1.29 is 9.59 Å². The van der Waals surface area contributed by atoms with Crippen LogP contribution in [0.2, 0.25) is 5.02 Å². The van der Waals surface area contributed by atoms with Crippen molar-refractivity contribution in [1.82, 2.24) is 10.2 Å². The van der Waals surface area contributed by atoms with E-state index in [0.29, 0.717) is 30.3 Å². The van der Waals surface area contributed by atoms with Crippen LogP contribution in [0.5, 0.6) is 0 Å². The topological polar surface area (TPSA) is 49.4 Å². The van der Waals surface area contributed by atoms with E-state index in [4.69, 9.17) is 11.6 Å². The smallest absolute Gasteiger partial charge is 0.243 e. The van der Waals surface area contributed by atoms with Gasteiger partial charge in [-0.3, -0.25) is 9.59 Å². The number of hydrogen-bond acceptors (Lipinski definition) is 3. The van der Waals surface area contributed by atoms with E-state index in [0.717, 1.165) is 28.7 Å². The first-order valence-electron chi connectivity index (χ1n) is 11.9. The summed E-state index contributed by atoms with van der Waals surface area (Å²) >= 11 is 7.64. The monoisotopic (exact) mass is 508 g/mol. The number of carbonyl (C=O) groups is 2. The lowest BCUT2D eigenvalue weighted by Gasteiger charge is -2.31. The number of amides is 2. The van der Waals surface area contributed by atoms with Crippen molar-refractivity contribution >= 4 is 35.2 Å². The fraction of sp³-hybridized carbons (Fsp3) is 0.310. The van der Waals surface area contributed by atoms with Gasteiger partial charge in [0.15, 0.2) is 0 Å². The highest BCUT2D eigenvalue weighted by molar-refractivity contribution is 7.99. The quantitative estimate of drug-likeness (QED) is 0.324. The molecule has 0 aromatic heterocycles. The van der Waals surface area contributed by atoms with Gasteiger partial charge in [0.2, 0.25) is 11.8 Å². The van der Waals surface area contributed by atoms with Crippen molar-refractivity contribution in [3.63, 3.8) is 0 Å². The minimum atomic E-state index is -0.593. The second kappa shape index (κ2) is 14.0. The first-order valence-corrected chi connectivity index (χ1v) is 13.5. The molecule has 0 aliphatic heterocycles. The van der Waals surface area contributed by atoms with Gasteiger partial charge in [0, 0.05) is 30.3 Å². The largest absolute Gasteiger partial charge is 0.354 e. The first kappa shape index (κ1) is 26.8. The lowest BCUT2D eigenvalue weighted by atomic mass is 10.0. The third-order valence-electron chi connectivity index (χ3n) is 5.68. The molecule has 6 heteroatoms. The number of benzene rings is 3. The van der Waals surface area contributed by atoms with Gasteiger partial charge in [-0.2, -0.15) is 0 Å². The Kier molecular flexibility index (Phi) is 10.7. The lowest BCUT2D eigenvalue weighted by molar-refractivity contribution is -0.139. The summed E-state index contributed by atoms with van der Waals surface area (Å²) in [5, 5.41) is 3.70. The first-order chi connectivity index (χ1) is 17.0. The number of thioether (sulfide) groups is 1. The third-order valence-corrected chi connectivity index (χ3v) is 6.90. The fourth-order valence-corrected chi connectivity index (χ4v) is 4.85. The Morgan fingerprint density at radius 3 is 2.34 bits per heavy atom. The molecular weight excluding hydrogens is 476 g/mol. The molecule has 4 nitrogen and oxygen atoms in total. The summed E-state index contributed by atoms with van der Waals surface area (Å²) in [6.07, 6.45) is 1.30. The van der Waals surface area contributed by atoms with Crippen LogP contribution < -0.4 is 5.32 Å². The van der Waals surface area contributed by atoms with Crippen LogP contribution in [0.15, 0.2) is 78.9 Å². The van der Waals surface area contributed by atoms with Gasteiger partial charge < -0.3 is 10.2 Å². The third kappa shape index (κ3) is 8.75. The molecule has 1 unspecified atom stereocenters. The van der Waals surface area contributed by atoms with Crippen molar-refractivity contribution in [2.45, 2.75) is 45.0 Å². The predicted molar refractivity (Wildman–Crippen MR) is 147 cm³/mol. The molecule has 0 bridgehead atoms. The van der Waals surface area contributed by atoms with Crippen LogP contribution in [0.1, 0.15) is 35.6 Å². The van der Waals surface area contributed by atoms with Crippen LogP contribution in [0.25, 0.3) is 0 Å². The molecule has 0 heterocycles. The average molecular weight is 509 g/mol. The van der Waals surface area contributed by atoms with Gasteiger partial charge in [0.1, 0.15) is 6.04 Å². The van der Waals surface area contributed by atoms with E-state index in [9.17, 15) is 9.59 Å². The summed E-state index contributed by atoms with van der Waals surface area (Å²) in [5.74, 6) is 0.794. The summed E-state index contributed by atoms with van der Waals surface area (Å²) in [7, 11) is 0. The highest BCUT2D eigenvalue weighted by atomic mass is 35.5. The van der Waals surface area contributed by atoms with Crippen molar-refractivity contribution in [2.75, 3.05) is 12.3 Å². The minimum absolute atomic E-state index is 0.0508. The van der Waals surface area contributed by atoms with Crippen LogP contribution in [-0.2, 0) is 28.3 Å². The van der Waals surface area contributed by atoms with E-state index >= 15 is 0 Å². The van der Waals surface area contributed by atoms with Gasteiger partial charge in [-0.15, -0.1) is 11.8 Å².